The minimum Gasteiger partial charge on any atom is -0.279 e. The Morgan fingerprint density at radius 2 is 2.06 bits per heavy atom. The van der Waals surface area contributed by atoms with E-state index in [1.165, 1.54) is 0 Å². The molecule has 1 aromatic carbocycles. The van der Waals surface area contributed by atoms with Crippen molar-refractivity contribution < 1.29 is 0 Å². The second kappa shape index (κ2) is 5.01. The van der Waals surface area contributed by atoms with E-state index in [-0.39, 0.29) is 0 Å². The van der Waals surface area contributed by atoms with E-state index in [0.717, 1.165) is 16.9 Å². The van der Waals surface area contributed by atoms with Gasteiger partial charge in [-0.05, 0) is 19.1 Å². The lowest BCUT2D eigenvalue weighted by atomic mass is 10.3. The number of nitrogens with one attached hydrogen (secondary N) is 1. The van der Waals surface area contributed by atoms with Gasteiger partial charge in [0, 0.05) is 7.05 Å². The van der Waals surface area contributed by atoms with Gasteiger partial charge in [-0.15, -0.1) is 0 Å². The van der Waals surface area contributed by atoms with Crippen molar-refractivity contribution >= 4 is 23.5 Å². The lowest BCUT2D eigenvalue weighted by Crippen LogP contribution is -1.91. The number of halogens is 1. The van der Waals surface area contributed by atoms with Crippen LogP contribution in [0, 0.1) is 6.92 Å². The first kappa shape index (κ1) is 11.7. The molecule has 0 saturated heterocycles. The maximum absolute atomic E-state index is 6.08. The first-order valence-electron chi connectivity index (χ1n) is 5.21. The molecule has 0 radical (unpaired) electrons. The summed E-state index contributed by atoms with van der Waals surface area (Å²) in [5.74, 6) is 0. The van der Waals surface area contributed by atoms with Crippen LogP contribution in [0.5, 0.6) is 0 Å². The fourth-order valence-electron chi connectivity index (χ4n) is 1.48. The van der Waals surface area contributed by atoms with Crippen LogP contribution >= 0.6 is 11.6 Å². The Balaban J connectivity index is 2.11. The Bertz CT molecular complexity index is 531. The number of anilines is 1. The smallest absolute Gasteiger partial charge is 0.135 e. The molecule has 0 fully saturated rings. The molecule has 17 heavy (non-hydrogen) atoms. The number of aromatic nitrogens is 2. The van der Waals surface area contributed by atoms with Crippen molar-refractivity contribution in [2.45, 2.75) is 6.92 Å². The van der Waals surface area contributed by atoms with Gasteiger partial charge in [0.15, 0.2) is 0 Å². The molecule has 0 bridgehead atoms. The Hall–Kier alpha value is -1.81. The van der Waals surface area contributed by atoms with Gasteiger partial charge < -0.3 is 0 Å². The van der Waals surface area contributed by atoms with Gasteiger partial charge in [-0.25, -0.2) is 0 Å². The number of rotatable bonds is 3. The molecule has 0 unspecified atom stereocenters. The normalized spacial score (nSPS) is 11.0. The summed E-state index contributed by atoms with van der Waals surface area (Å²) >= 11 is 6.08. The van der Waals surface area contributed by atoms with Gasteiger partial charge in [-0.1, -0.05) is 29.8 Å². The van der Waals surface area contributed by atoms with E-state index in [4.69, 9.17) is 11.6 Å². The summed E-state index contributed by atoms with van der Waals surface area (Å²) in [6, 6.07) is 9.72. The molecule has 1 N–H and O–H groups in total. The third-order valence-corrected chi connectivity index (χ3v) is 2.81. The lowest BCUT2D eigenvalue weighted by molar-refractivity contribution is 0.757. The molecule has 0 aliphatic carbocycles. The monoisotopic (exact) mass is 248 g/mol. The number of hydrazone groups is 1. The third kappa shape index (κ3) is 2.65. The second-order valence-electron chi connectivity index (χ2n) is 3.65. The van der Waals surface area contributed by atoms with Crippen molar-refractivity contribution in [1.82, 2.24) is 9.78 Å². The zero-order valence-corrected chi connectivity index (χ0v) is 10.4. The number of nitrogens with zero attached hydrogens (tertiary/aromatic N) is 3. The number of benzene rings is 1. The molecule has 0 atom stereocenters. The predicted octanol–water partition coefficient (Wildman–Crippen LogP) is 2.83. The van der Waals surface area contributed by atoms with E-state index < -0.39 is 0 Å². The van der Waals surface area contributed by atoms with Crippen LogP contribution in [0.1, 0.15) is 11.3 Å². The van der Waals surface area contributed by atoms with Crippen molar-refractivity contribution in [3.63, 3.8) is 0 Å². The summed E-state index contributed by atoms with van der Waals surface area (Å²) in [4.78, 5) is 0. The van der Waals surface area contributed by atoms with Crippen LogP contribution in [0.2, 0.25) is 5.15 Å². The Kier molecular flexibility index (Phi) is 3.44. The van der Waals surface area contributed by atoms with Crippen LogP contribution in [0.15, 0.2) is 35.4 Å². The average Bonchev–Trinajstić information content (AvgIpc) is 2.57. The van der Waals surface area contributed by atoms with Crippen molar-refractivity contribution in [3.8, 4) is 0 Å². The van der Waals surface area contributed by atoms with Crippen molar-refractivity contribution in [1.29, 1.82) is 0 Å². The summed E-state index contributed by atoms with van der Waals surface area (Å²) in [6.45, 7) is 1.90. The highest BCUT2D eigenvalue weighted by Crippen LogP contribution is 2.16. The maximum Gasteiger partial charge on any atom is 0.135 e. The first-order chi connectivity index (χ1) is 8.18. The molecule has 0 amide bonds. The molecule has 2 aromatic rings. The van der Waals surface area contributed by atoms with Crippen LogP contribution in [-0.4, -0.2) is 16.0 Å². The SMILES string of the molecule is Cc1nn(C)c(Cl)c1/C=N\Nc1ccccc1. The number of hydrogen-bond acceptors (Lipinski definition) is 3. The minimum atomic E-state index is 0.584. The second-order valence-corrected chi connectivity index (χ2v) is 4.01. The summed E-state index contributed by atoms with van der Waals surface area (Å²) < 4.78 is 1.63. The Morgan fingerprint density at radius 3 is 2.65 bits per heavy atom. The number of hydrogen-bond donors (Lipinski definition) is 1. The van der Waals surface area contributed by atoms with Gasteiger partial charge >= 0.3 is 0 Å². The fraction of sp³-hybridized carbons (Fsp3) is 0.167. The summed E-state index contributed by atoms with van der Waals surface area (Å²) in [5, 5.41) is 8.92. The van der Waals surface area contributed by atoms with E-state index in [1.54, 1.807) is 17.9 Å². The summed E-state index contributed by atoms with van der Waals surface area (Å²) in [7, 11) is 1.80. The van der Waals surface area contributed by atoms with Crippen LogP contribution in [-0.2, 0) is 7.05 Å². The largest absolute Gasteiger partial charge is 0.279 e. The number of para-hydroxylation sites is 1. The topological polar surface area (TPSA) is 42.2 Å². The molecule has 2 rings (SSSR count). The Labute approximate surface area is 105 Å². The standard InChI is InChI=1S/C12H13ClN4/c1-9-11(12(13)17(2)16-9)8-14-15-10-6-4-3-5-7-10/h3-8,15H,1-2H3/b14-8-. The van der Waals surface area contributed by atoms with E-state index >= 15 is 0 Å². The molecule has 0 aliphatic heterocycles. The van der Waals surface area contributed by atoms with Gasteiger partial charge in [-0.3, -0.25) is 10.1 Å². The molecule has 4 nitrogen and oxygen atoms in total. The van der Waals surface area contributed by atoms with Crippen LogP contribution in [0.25, 0.3) is 0 Å². The maximum atomic E-state index is 6.08. The summed E-state index contributed by atoms with van der Waals surface area (Å²) in [5.41, 5.74) is 5.55. The molecule has 0 spiro atoms. The van der Waals surface area contributed by atoms with E-state index in [9.17, 15) is 0 Å². The van der Waals surface area contributed by atoms with Gasteiger partial charge in [0.2, 0.25) is 0 Å². The quantitative estimate of drug-likeness (QED) is 0.670. The zero-order valence-electron chi connectivity index (χ0n) is 9.68. The van der Waals surface area contributed by atoms with Crippen molar-refractivity contribution in [2.75, 3.05) is 5.43 Å². The number of aryl methyl sites for hydroxylation is 2. The molecular formula is C12H13ClN4. The van der Waals surface area contributed by atoms with Crippen LogP contribution in [0.4, 0.5) is 5.69 Å². The molecule has 1 heterocycles. The van der Waals surface area contributed by atoms with Gasteiger partial charge in [0.05, 0.1) is 23.2 Å². The van der Waals surface area contributed by atoms with Crippen molar-refractivity contribution in [3.05, 3.63) is 46.7 Å². The van der Waals surface area contributed by atoms with Gasteiger partial charge in [0.1, 0.15) is 5.15 Å². The fourth-order valence-corrected chi connectivity index (χ4v) is 1.70. The van der Waals surface area contributed by atoms with Gasteiger partial charge in [-0.2, -0.15) is 10.2 Å². The first-order valence-corrected chi connectivity index (χ1v) is 5.59. The average molecular weight is 249 g/mol. The summed E-state index contributed by atoms with van der Waals surface area (Å²) in [6.07, 6.45) is 1.68. The van der Waals surface area contributed by atoms with E-state index in [2.05, 4.69) is 15.6 Å². The highest BCUT2D eigenvalue weighted by atomic mass is 35.5. The highest BCUT2D eigenvalue weighted by Gasteiger charge is 2.08. The minimum absolute atomic E-state index is 0.584. The third-order valence-electron chi connectivity index (χ3n) is 2.36. The van der Waals surface area contributed by atoms with Crippen LogP contribution < -0.4 is 5.43 Å². The molecule has 0 aliphatic rings. The van der Waals surface area contributed by atoms with E-state index in [0.29, 0.717) is 5.15 Å². The molecule has 88 valence electrons. The van der Waals surface area contributed by atoms with Crippen molar-refractivity contribution in [2.24, 2.45) is 12.1 Å². The lowest BCUT2D eigenvalue weighted by Gasteiger charge is -1.98. The molecular weight excluding hydrogens is 236 g/mol. The predicted molar refractivity (Wildman–Crippen MR) is 70.6 cm³/mol. The molecule has 0 saturated carbocycles. The zero-order chi connectivity index (χ0) is 12.3. The van der Waals surface area contributed by atoms with Crippen LogP contribution in [0.3, 0.4) is 0 Å². The Morgan fingerprint density at radius 1 is 1.35 bits per heavy atom. The molecule has 1 aromatic heterocycles. The van der Waals surface area contributed by atoms with E-state index in [1.807, 2.05) is 37.3 Å². The molecule has 5 heteroatoms. The highest BCUT2D eigenvalue weighted by molar-refractivity contribution is 6.32. The van der Waals surface area contributed by atoms with Gasteiger partial charge in [0.25, 0.3) is 0 Å².